The van der Waals surface area contributed by atoms with Crippen LogP contribution in [0, 0.1) is 16.7 Å². The van der Waals surface area contributed by atoms with Gasteiger partial charge in [-0.1, -0.05) is 26.7 Å². The third kappa shape index (κ3) is 3.65. The standard InChI is InChI=1S/C17H24N2OS/c1-3-8-17(13-18,9-4-2)16(20)19(15-5-6-15)11-14-7-10-21-12-14/h7,10,12,15H,3-6,8-9,11H2,1-2H3. The first-order valence-corrected chi connectivity index (χ1v) is 8.84. The molecule has 0 unspecified atom stereocenters. The van der Waals surface area contributed by atoms with Crippen LogP contribution in [0.1, 0.15) is 57.9 Å². The van der Waals surface area contributed by atoms with E-state index in [9.17, 15) is 10.1 Å². The molecule has 1 aromatic rings. The molecule has 1 aromatic heterocycles. The number of carbonyl (C=O) groups excluding carboxylic acids is 1. The van der Waals surface area contributed by atoms with E-state index in [1.165, 1.54) is 5.56 Å². The number of carbonyl (C=O) groups is 1. The third-order valence-electron chi connectivity index (χ3n) is 4.16. The second-order valence-corrected chi connectivity index (χ2v) is 6.77. The van der Waals surface area contributed by atoms with Crippen molar-refractivity contribution in [3.63, 3.8) is 0 Å². The fourth-order valence-corrected chi connectivity index (χ4v) is 3.62. The molecule has 0 N–H and O–H groups in total. The molecule has 1 saturated carbocycles. The molecule has 0 radical (unpaired) electrons. The Morgan fingerprint density at radius 2 is 2.10 bits per heavy atom. The molecule has 3 nitrogen and oxygen atoms in total. The minimum Gasteiger partial charge on any atom is -0.334 e. The largest absolute Gasteiger partial charge is 0.334 e. The zero-order valence-electron chi connectivity index (χ0n) is 13.0. The van der Waals surface area contributed by atoms with Gasteiger partial charge in [0, 0.05) is 12.6 Å². The quantitative estimate of drug-likeness (QED) is 0.716. The summed E-state index contributed by atoms with van der Waals surface area (Å²) in [5.74, 6) is 0.0578. The Kier molecular flexibility index (Phi) is 5.41. The van der Waals surface area contributed by atoms with E-state index < -0.39 is 5.41 Å². The van der Waals surface area contributed by atoms with E-state index in [1.54, 1.807) is 11.3 Å². The highest BCUT2D eigenvalue weighted by atomic mass is 32.1. The van der Waals surface area contributed by atoms with Crippen LogP contribution in [0.3, 0.4) is 0 Å². The van der Waals surface area contributed by atoms with Gasteiger partial charge in [-0.05, 0) is 48.1 Å². The van der Waals surface area contributed by atoms with Gasteiger partial charge in [0.25, 0.3) is 0 Å². The van der Waals surface area contributed by atoms with E-state index in [0.29, 0.717) is 25.4 Å². The van der Waals surface area contributed by atoms with Gasteiger partial charge in [-0.3, -0.25) is 4.79 Å². The summed E-state index contributed by atoms with van der Waals surface area (Å²) < 4.78 is 0. The number of hydrogen-bond donors (Lipinski definition) is 0. The monoisotopic (exact) mass is 304 g/mol. The van der Waals surface area contributed by atoms with Crippen molar-refractivity contribution in [2.75, 3.05) is 0 Å². The second-order valence-electron chi connectivity index (χ2n) is 5.99. The highest BCUT2D eigenvalue weighted by Gasteiger charge is 2.44. The molecule has 2 rings (SSSR count). The van der Waals surface area contributed by atoms with E-state index in [0.717, 1.165) is 25.7 Å². The first kappa shape index (κ1) is 16.0. The van der Waals surface area contributed by atoms with Crippen molar-refractivity contribution >= 4 is 17.2 Å². The van der Waals surface area contributed by atoms with E-state index in [1.807, 2.05) is 10.3 Å². The molecule has 114 valence electrons. The Morgan fingerprint density at radius 3 is 2.52 bits per heavy atom. The van der Waals surface area contributed by atoms with Crippen LogP contribution in [0.4, 0.5) is 0 Å². The average Bonchev–Trinajstić information content (AvgIpc) is 3.20. The molecule has 0 aliphatic heterocycles. The summed E-state index contributed by atoms with van der Waals surface area (Å²) in [7, 11) is 0. The van der Waals surface area contributed by atoms with Gasteiger partial charge in [-0.15, -0.1) is 0 Å². The van der Waals surface area contributed by atoms with Gasteiger partial charge in [0.2, 0.25) is 5.91 Å². The van der Waals surface area contributed by atoms with E-state index in [-0.39, 0.29) is 5.91 Å². The van der Waals surface area contributed by atoms with Crippen molar-refractivity contribution in [3.8, 4) is 6.07 Å². The lowest BCUT2D eigenvalue weighted by Crippen LogP contribution is -2.44. The first-order valence-electron chi connectivity index (χ1n) is 7.90. The molecule has 0 spiro atoms. The van der Waals surface area contributed by atoms with Crippen molar-refractivity contribution in [2.24, 2.45) is 5.41 Å². The SMILES string of the molecule is CCCC(C#N)(CCC)C(=O)N(Cc1ccsc1)C1CC1. The van der Waals surface area contributed by atoms with Gasteiger partial charge in [0.05, 0.1) is 6.07 Å². The van der Waals surface area contributed by atoms with E-state index >= 15 is 0 Å². The minimum atomic E-state index is -0.817. The number of thiophene rings is 1. The van der Waals surface area contributed by atoms with Gasteiger partial charge >= 0.3 is 0 Å². The first-order chi connectivity index (χ1) is 10.2. The van der Waals surface area contributed by atoms with Crippen LogP contribution in [0.25, 0.3) is 0 Å². The van der Waals surface area contributed by atoms with Gasteiger partial charge in [-0.25, -0.2) is 0 Å². The Morgan fingerprint density at radius 1 is 1.43 bits per heavy atom. The van der Waals surface area contributed by atoms with Gasteiger partial charge in [-0.2, -0.15) is 16.6 Å². The molecule has 0 saturated heterocycles. The molecule has 1 aliphatic carbocycles. The molecule has 1 amide bonds. The normalized spacial score (nSPS) is 14.7. The topological polar surface area (TPSA) is 44.1 Å². The molecule has 4 heteroatoms. The fourth-order valence-electron chi connectivity index (χ4n) is 2.96. The Balaban J connectivity index is 2.21. The molecule has 21 heavy (non-hydrogen) atoms. The third-order valence-corrected chi connectivity index (χ3v) is 4.89. The molecule has 0 bridgehead atoms. The minimum absolute atomic E-state index is 0.0578. The maximum Gasteiger partial charge on any atom is 0.243 e. The highest BCUT2D eigenvalue weighted by molar-refractivity contribution is 7.07. The summed E-state index contributed by atoms with van der Waals surface area (Å²) in [6, 6.07) is 4.79. The smallest absolute Gasteiger partial charge is 0.243 e. The molecule has 0 atom stereocenters. The van der Waals surface area contributed by atoms with Gasteiger partial charge < -0.3 is 4.90 Å². The van der Waals surface area contributed by atoms with Crippen molar-refractivity contribution in [3.05, 3.63) is 22.4 Å². The summed E-state index contributed by atoms with van der Waals surface area (Å²) in [4.78, 5) is 15.1. The van der Waals surface area contributed by atoms with Crippen LogP contribution < -0.4 is 0 Å². The molecule has 1 fully saturated rings. The van der Waals surface area contributed by atoms with Gasteiger partial charge in [0.15, 0.2) is 0 Å². The van der Waals surface area contributed by atoms with Crippen molar-refractivity contribution in [1.82, 2.24) is 4.90 Å². The number of nitriles is 1. The average molecular weight is 304 g/mol. The number of hydrogen-bond acceptors (Lipinski definition) is 3. The van der Waals surface area contributed by atoms with E-state index in [4.69, 9.17) is 0 Å². The Hall–Kier alpha value is -1.34. The van der Waals surface area contributed by atoms with Crippen LogP contribution in [-0.4, -0.2) is 16.8 Å². The van der Waals surface area contributed by atoms with E-state index in [2.05, 4.69) is 31.4 Å². The highest BCUT2D eigenvalue weighted by Crippen LogP contribution is 2.37. The lowest BCUT2D eigenvalue weighted by atomic mass is 9.79. The predicted octanol–water partition coefficient (Wildman–Crippen LogP) is 4.35. The zero-order valence-corrected chi connectivity index (χ0v) is 13.8. The van der Waals surface area contributed by atoms with Crippen LogP contribution >= 0.6 is 11.3 Å². The fraction of sp³-hybridized carbons (Fsp3) is 0.647. The maximum absolute atomic E-state index is 13.1. The number of rotatable bonds is 8. The Bertz CT molecular complexity index is 493. The molecule has 0 aromatic carbocycles. The van der Waals surface area contributed by atoms with Crippen molar-refractivity contribution < 1.29 is 4.79 Å². The summed E-state index contributed by atoms with van der Waals surface area (Å²) in [5, 5.41) is 13.8. The summed E-state index contributed by atoms with van der Waals surface area (Å²) in [6.45, 7) is 4.76. The summed E-state index contributed by atoms with van der Waals surface area (Å²) >= 11 is 1.66. The van der Waals surface area contributed by atoms with Crippen molar-refractivity contribution in [1.29, 1.82) is 5.26 Å². The molecular weight excluding hydrogens is 280 g/mol. The number of amides is 1. The maximum atomic E-state index is 13.1. The van der Waals surface area contributed by atoms with Crippen LogP contribution in [0.2, 0.25) is 0 Å². The molecule has 1 heterocycles. The van der Waals surface area contributed by atoms with Gasteiger partial charge in [0.1, 0.15) is 5.41 Å². The van der Waals surface area contributed by atoms with Crippen LogP contribution in [0.15, 0.2) is 16.8 Å². The number of nitrogens with zero attached hydrogens (tertiary/aromatic N) is 2. The zero-order chi connectivity index (χ0) is 15.3. The predicted molar refractivity (Wildman–Crippen MR) is 85.8 cm³/mol. The lowest BCUT2D eigenvalue weighted by molar-refractivity contribution is -0.141. The molecule has 1 aliphatic rings. The summed E-state index contributed by atoms with van der Waals surface area (Å²) in [6.07, 6.45) is 5.24. The Labute approximate surface area is 131 Å². The van der Waals surface area contributed by atoms with Crippen LogP contribution in [-0.2, 0) is 11.3 Å². The van der Waals surface area contributed by atoms with Crippen molar-refractivity contribution in [2.45, 2.75) is 65.0 Å². The summed E-state index contributed by atoms with van der Waals surface area (Å²) in [5.41, 5.74) is 0.363. The second kappa shape index (κ2) is 7.09. The van der Waals surface area contributed by atoms with Crippen LogP contribution in [0.5, 0.6) is 0 Å². The lowest BCUT2D eigenvalue weighted by Gasteiger charge is -2.32. The molecular formula is C17H24N2OS.